The van der Waals surface area contributed by atoms with Crippen molar-refractivity contribution >= 4 is 21.7 Å². The van der Waals surface area contributed by atoms with Crippen LogP contribution in [0.4, 0.5) is 0 Å². The highest BCUT2D eigenvalue weighted by Gasteiger charge is 2.24. The second kappa shape index (κ2) is 4.71. The molecule has 1 atom stereocenters. The summed E-state index contributed by atoms with van der Waals surface area (Å²) in [4.78, 5) is 0.115. The molecule has 4 nitrogen and oxygen atoms in total. The van der Waals surface area contributed by atoms with Crippen molar-refractivity contribution in [3.05, 3.63) is 29.3 Å². The van der Waals surface area contributed by atoms with E-state index in [0.717, 1.165) is 0 Å². The minimum absolute atomic E-state index is 0.115. The van der Waals surface area contributed by atoms with Crippen molar-refractivity contribution in [2.24, 2.45) is 0 Å². The minimum atomic E-state index is -3.70. The fourth-order valence-electron chi connectivity index (χ4n) is 1.42. The van der Waals surface area contributed by atoms with Crippen LogP contribution < -0.4 is 0 Å². The third kappa shape index (κ3) is 2.74. The van der Waals surface area contributed by atoms with Crippen LogP contribution in [0.1, 0.15) is 6.42 Å². The van der Waals surface area contributed by atoms with Gasteiger partial charge in [0.05, 0.1) is 11.5 Å². The smallest absolute Gasteiger partial charge is 0.297 e. The Morgan fingerprint density at radius 3 is 2.56 bits per heavy atom. The maximum atomic E-state index is 11.8. The van der Waals surface area contributed by atoms with Gasteiger partial charge in [-0.25, -0.2) is 0 Å². The molecular weight excluding hydrogens is 252 g/mol. The van der Waals surface area contributed by atoms with E-state index >= 15 is 0 Å². The van der Waals surface area contributed by atoms with Crippen LogP contribution in [0.25, 0.3) is 0 Å². The van der Waals surface area contributed by atoms with Gasteiger partial charge in [-0.3, -0.25) is 4.18 Å². The second-order valence-electron chi connectivity index (χ2n) is 3.49. The third-order valence-electron chi connectivity index (χ3n) is 2.25. The van der Waals surface area contributed by atoms with Crippen molar-refractivity contribution in [3.63, 3.8) is 0 Å². The molecule has 6 heteroatoms. The van der Waals surface area contributed by atoms with Gasteiger partial charge in [-0.2, -0.15) is 8.42 Å². The van der Waals surface area contributed by atoms with Crippen LogP contribution >= 0.6 is 11.6 Å². The molecule has 0 N–H and O–H groups in total. The van der Waals surface area contributed by atoms with Crippen molar-refractivity contribution < 1.29 is 17.3 Å². The summed E-state index contributed by atoms with van der Waals surface area (Å²) in [5, 5.41) is 0.489. The second-order valence-corrected chi connectivity index (χ2v) is 5.50. The lowest BCUT2D eigenvalue weighted by Gasteiger charge is -2.09. The van der Waals surface area contributed by atoms with Gasteiger partial charge < -0.3 is 4.74 Å². The molecule has 1 fully saturated rings. The molecule has 1 aliphatic heterocycles. The van der Waals surface area contributed by atoms with E-state index in [-0.39, 0.29) is 11.0 Å². The summed E-state index contributed by atoms with van der Waals surface area (Å²) in [7, 11) is -3.70. The summed E-state index contributed by atoms with van der Waals surface area (Å²) in [6, 6.07) is 5.88. The lowest BCUT2D eigenvalue weighted by Crippen LogP contribution is -2.18. The van der Waals surface area contributed by atoms with E-state index in [9.17, 15) is 8.42 Å². The zero-order valence-corrected chi connectivity index (χ0v) is 10.00. The predicted molar refractivity (Wildman–Crippen MR) is 58.9 cm³/mol. The normalized spacial score (nSPS) is 21.2. The van der Waals surface area contributed by atoms with Crippen molar-refractivity contribution in [3.8, 4) is 0 Å². The zero-order chi connectivity index (χ0) is 11.6. The maximum Gasteiger partial charge on any atom is 0.297 e. The quantitative estimate of drug-likeness (QED) is 0.780. The molecule has 1 saturated heterocycles. The Morgan fingerprint density at radius 2 is 2.00 bits per heavy atom. The summed E-state index contributed by atoms with van der Waals surface area (Å²) in [6.07, 6.45) is 0.230. The van der Waals surface area contributed by atoms with Gasteiger partial charge >= 0.3 is 0 Å². The Labute approximate surface area is 99.3 Å². The Morgan fingerprint density at radius 1 is 1.31 bits per heavy atom. The van der Waals surface area contributed by atoms with E-state index < -0.39 is 10.1 Å². The molecule has 1 heterocycles. The SMILES string of the molecule is O=S(=O)(O[C@H]1CCOC1)c1ccc(Cl)cc1. The average molecular weight is 263 g/mol. The topological polar surface area (TPSA) is 52.6 Å². The number of benzene rings is 1. The van der Waals surface area contributed by atoms with Crippen molar-refractivity contribution in [2.75, 3.05) is 13.2 Å². The molecule has 1 aromatic carbocycles. The van der Waals surface area contributed by atoms with Crippen LogP contribution in [-0.4, -0.2) is 27.7 Å². The minimum Gasteiger partial charge on any atom is -0.379 e. The van der Waals surface area contributed by atoms with Gasteiger partial charge in [0.1, 0.15) is 6.10 Å². The van der Waals surface area contributed by atoms with Crippen molar-refractivity contribution in [1.29, 1.82) is 0 Å². The van der Waals surface area contributed by atoms with Gasteiger partial charge in [-0.05, 0) is 24.3 Å². The molecule has 0 amide bonds. The number of hydrogen-bond donors (Lipinski definition) is 0. The van der Waals surface area contributed by atoms with Crippen LogP contribution in [0.3, 0.4) is 0 Å². The van der Waals surface area contributed by atoms with Gasteiger partial charge in [0.2, 0.25) is 0 Å². The van der Waals surface area contributed by atoms with Crippen molar-refractivity contribution in [2.45, 2.75) is 17.4 Å². The fraction of sp³-hybridized carbons (Fsp3) is 0.400. The first-order valence-corrected chi connectivity index (χ1v) is 6.63. The zero-order valence-electron chi connectivity index (χ0n) is 8.43. The Balaban J connectivity index is 2.14. The molecule has 0 radical (unpaired) electrons. The van der Waals surface area contributed by atoms with Crippen LogP contribution in [0, 0.1) is 0 Å². The number of hydrogen-bond acceptors (Lipinski definition) is 4. The van der Waals surface area contributed by atoms with Gasteiger partial charge in [0.25, 0.3) is 10.1 Å². The lowest BCUT2D eigenvalue weighted by atomic mass is 10.3. The monoisotopic (exact) mass is 262 g/mol. The van der Waals surface area contributed by atoms with Gasteiger partial charge in [0, 0.05) is 18.1 Å². The largest absolute Gasteiger partial charge is 0.379 e. The molecule has 0 spiro atoms. The first-order valence-electron chi connectivity index (χ1n) is 4.84. The summed E-state index contributed by atoms with van der Waals surface area (Å²) >= 11 is 5.68. The Hall–Kier alpha value is -0.620. The van der Waals surface area contributed by atoms with Gasteiger partial charge in [-0.1, -0.05) is 11.6 Å². The van der Waals surface area contributed by atoms with Crippen LogP contribution in [-0.2, 0) is 19.0 Å². The van der Waals surface area contributed by atoms with E-state index in [0.29, 0.717) is 24.7 Å². The van der Waals surface area contributed by atoms with Crippen molar-refractivity contribution in [1.82, 2.24) is 0 Å². The third-order valence-corrected chi connectivity index (χ3v) is 3.88. The Bertz CT molecular complexity index is 448. The Kier molecular flexibility index (Phi) is 3.49. The van der Waals surface area contributed by atoms with Crippen LogP contribution in [0.2, 0.25) is 5.02 Å². The standard InChI is InChI=1S/C10H11ClO4S/c11-8-1-3-10(4-2-8)16(12,13)15-9-5-6-14-7-9/h1-4,9H,5-7H2/t9-/m0/s1. The average Bonchev–Trinajstić information content (AvgIpc) is 2.70. The molecular formula is C10H11ClO4S. The van der Waals surface area contributed by atoms with E-state index in [2.05, 4.69) is 0 Å². The number of rotatable bonds is 3. The van der Waals surface area contributed by atoms with E-state index in [4.69, 9.17) is 20.5 Å². The number of ether oxygens (including phenoxy) is 1. The highest BCUT2D eigenvalue weighted by Crippen LogP contribution is 2.20. The maximum absolute atomic E-state index is 11.8. The fourth-order valence-corrected chi connectivity index (χ4v) is 2.64. The molecule has 0 saturated carbocycles. The molecule has 0 aliphatic carbocycles. The van der Waals surface area contributed by atoms with Gasteiger partial charge in [-0.15, -0.1) is 0 Å². The molecule has 88 valence electrons. The summed E-state index contributed by atoms with van der Waals surface area (Å²) in [5.74, 6) is 0. The van der Waals surface area contributed by atoms with Crippen LogP contribution in [0.15, 0.2) is 29.2 Å². The summed E-state index contributed by atoms with van der Waals surface area (Å²) in [5.41, 5.74) is 0. The van der Waals surface area contributed by atoms with Gasteiger partial charge in [0.15, 0.2) is 0 Å². The molecule has 0 bridgehead atoms. The number of halogens is 1. The summed E-state index contributed by atoms with van der Waals surface area (Å²) < 4.78 is 33.6. The van der Waals surface area contributed by atoms with E-state index in [1.807, 2.05) is 0 Å². The molecule has 16 heavy (non-hydrogen) atoms. The molecule has 2 rings (SSSR count). The summed E-state index contributed by atoms with van der Waals surface area (Å²) in [6.45, 7) is 0.869. The highest BCUT2D eigenvalue weighted by molar-refractivity contribution is 7.86. The van der Waals surface area contributed by atoms with Crippen LogP contribution in [0.5, 0.6) is 0 Å². The molecule has 0 aromatic heterocycles. The highest BCUT2D eigenvalue weighted by atomic mass is 35.5. The molecule has 0 unspecified atom stereocenters. The first kappa shape index (κ1) is 11.9. The molecule has 1 aromatic rings. The lowest BCUT2D eigenvalue weighted by molar-refractivity contribution is 0.145. The van der Waals surface area contributed by atoms with E-state index in [1.54, 1.807) is 0 Å². The first-order chi connectivity index (χ1) is 7.58. The van der Waals surface area contributed by atoms with E-state index in [1.165, 1.54) is 24.3 Å². The predicted octanol–water partition coefficient (Wildman–Crippen LogP) is 1.83. The molecule has 1 aliphatic rings.